The van der Waals surface area contributed by atoms with Gasteiger partial charge in [0.05, 0.1) is 6.54 Å². The fourth-order valence-corrected chi connectivity index (χ4v) is 1.84. The lowest BCUT2D eigenvalue weighted by molar-refractivity contribution is -0.124. The summed E-state index contributed by atoms with van der Waals surface area (Å²) in [5.74, 6) is 0.126. The molecule has 0 aliphatic carbocycles. The molecule has 4 nitrogen and oxygen atoms in total. The first-order valence-corrected chi connectivity index (χ1v) is 5.87. The van der Waals surface area contributed by atoms with Crippen LogP contribution in [0.4, 0.5) is 0 Å². The number of hydrogen-bond donors (Lipinski definition) is 2. The second-order valence-electron chi connectivity index (χ2n) is 4.56. The van der Waals surface area contributed by atoms with Crippen molar-refractivity contribution < 1.29 is 4.79 Å². The van der Waals surface area contributed by atoms with E-state index in [1.807, 2.05) is 0 Å². The summed E-state index contributed by atoms with van der Waals surface area (Å²) in [5.41, 5.74) is 5.98. The van der Waals surface area contributed by atoms with Crippen molar-refractivity contribution in [2.45, 2.75) is 38.6 Å². The van der Waals surface area contributed by atoms with E-state index in [-0.39, 0.29) is 11.4 Å². The second-order valence-corrected chi connectivity index (χ2v) is 4.56. The highest BCUT2D eigenvalue weighted by molar-refractivity contribution is 5.78. The van der Waals surface area contributed by atoms with Crippen molar-refractivity contribution >= 4 is 5.91 Å². The summed E-state index contributed by atoms with van der Waals surface area (Å²) in [6, 6.07) is 0. The van der Waals surface area contributed by atoms with Gasteiger partial charge in [-0.25, -0.2) is 0 Å². The van der Waals surface area contributed by atoms with Gasteiger partial charge in [0.25, 0.3) is 0 Å². The van der Waals surface area contributed by atoms with Gasteiger partial charge in [-0.3, -0.25) is 9.69 Å². The van der Waals surface area contributed by atoms with Gasteiger partial charge in [-0.05, 0) is 12.8 Å². The molecule has 0 aromatic rings. The molecule has 4 heteroatoms. The molecule has 1 aliphatic heterocycles. The molecule has 3 N–H and O–H groups in total. The number of carbonyl (C=O) groups is 1. The van der Waals surface area contributed by atoms with Gasteiger partial charge in [0.1, 0.15) is 0 Å². The summed E-state index contributed by atoms with van der Waals surface area (Å²) < 4.78 is 0. The Morgan fingerprint density at radius 1 is 1.47 bits per heavy atom. The first-order valence-electron chi connectivity index (χ1n) is 5.87. The summed E-state index contributed by atoms with van der Waals surface area (Å²) in [5, 5.41) is 2.91. The molecule has 1 heterocycles. The fraction of sp³-hybridized carbons (Fsp3) is 0.909. The van der Waals surface area contributed by atoms with Crippen LogP contribution in [0.5, 0.6) is 0 Å². The minimum absolute atomic E-state index is 0.0380. The van der Waals surface area contributed by atoms with Crippen LogP contribution in [0.1, 0.15) is 33.1 Å². The maximum absolute atomic E-state index is 11.4. The zero-order chi connectivity index (χ0) is 11.3. The Morgan fingerprint density at radius 3 is 2.67 bits per heavy atom. The molecule has 1 aliphatic rings. The Morgan fingerprint density at radius 2 is 2.13 bits per heavy atom. The smallest absolute Gasteiger partial charge is 0.234 e. The number of nitrogens with two attached hydrogens (primary N) is 1. The van der Waals surface area contributed by atoms with Crippen LogP contribution in [-0.4, -0.2) is 42.5 Å². The molecular weight excluding hydrogens is 190 g/mol. The Bertz CT molecular complexity index is 212. The van der Waals surface area contributed by atoms with Crippen LogP contribution in [0, 0.1) is 0 Å². The van der Waals surface area contributed by atoms with Crippen molar-refractivity contribution in [2.75, 3.05) is 26.2 Å². The van der Waals surface area contributed by atoms with Crippen molar-refractivity contribution in [1.29, 1.82) is 0 Å². The van der Waals surface area contributed by atoms with E-state index in [0.717, 1.165) is 38.9 Å². The molecule has 0 bridgehead atoms. The largest absolute Gasteiger partial charge is 0.355 e. The molecule has 0 aromatic heterocycles. The summed E-state index contributed by atoms with van der Waals surface area (Å²) in [6.07, 6.45) is 3.16. The molecule has 1 rings (SSSR count). The normalized spacial score (nSPS) is 19.7. The zero-order valence-electron chi connectivity index (χ0n) is 9.88. The third-order valence-corrected chi connectivity index (χ3v) is 3.00. The predicted molar refractivity (Wildman–Crippen MR) is 61.6 cm³/mol. The first kappa shape index (κ1) is 12.5. The zero-order valence-corrected chi connectivity index (χ0v) is 9.88. The third-order valence-electron chi connectivity index (χ3n) is 3.00. The van der Waals surface area contributed by atoms with Gasteiger partial charge in [0, 0.05) is 25.2 Å². The van der Waals surface area contributed by atoms with Crippen LogP contribution in [0.3, 0.4) is 0 Å². The number of hydrogen-bond acceptors (Lipinski definition) is 3. The van der Waals surface area contributed by atoms with Gasteiger partial charge in [0.15, 0.2) is 0 Å². The van der Waals surface area contributed by atoms with Crippen LogP contribution >= 0.6 is 0 Å². The quantitative estimate of drug-likeness (QED) is 0.625. The lowest BCUT2D eigenvalue weighted by Crippen LogP contribution is -2.68. The molecular formula is C11H23N3O. The maximum atomic E-state index is 11.4. The minimum Gasteiger partial charge on any atom is -0.355 e. The predicted octanol–water partition coefficient (Wildman–Crippen LogP) is 0.326. The van der Waals surface area contributed by atoms with Gasteiger partial charge in [0.2, 0.25) is 5.91 Å². The SMILES string of the molecule is CCCCNC(=O)CN1CC(N)(CC)C1. The number of unbranched alkanes of at least 4 members (excludes halogenated alkanes) is 1. The summed E-state index contributed by atoms with van der Waals surface area (Å²) in [6.45, 7) is 7.22. The topological polar surface area (TPSA) is 58.4 Å². The highest BCUT2D eigenvalue weighted by Crippen LogP contribution is 2.20. The summed E-state index contributed by atoms with van der Waals surface area (Å²) >= 11 is 0. The second kappa shape index (κ2) is 5.47. The molecule has 88 valence electrons. The number of rotatable bonds is 6. The fourth-order valence-electron chi connectivity index (χ4n) is 1.84. The Kier molecular flexibility index (Phi) is 4.54. The number of carbonyl (C=O) groups excluding carboxylic acids is 1. The van der Waals surface area contributed by atoms with Crippen molar-refractivity contribution in [3.8, 4) is 0 Å². The average Bonchev–Trinajstić information content (AvgIpc) is 2.15. The van der Waals surface area contributed by atoms with Crippen LogP contribution in [-0.2, 0) is 4.79 Å². The molecule has 0 saturated carbocycles. The standard InChI is InChI=1S/C11H23N3O/c1-3-5-6-13-10(15)7-14-8-11(12,4-2)9-14/h3-9,12H2,1-2H3,(H,13,15). The van der Waals surface area contributed by atoms with Crippen LogP contribution in [0.15, 0.2) is 0 Å². The van der Waals surface area contributed by atoms with E-state index >= 15 is 0 Å². The van der Waals surface area contributed by atoms with E-state index in [2.05, 4.69) is 24.1 Å². The lowest BCUT2D eigenvalue weighted by atomic mass is 9.88. The summed E-state index contributed by atoms with van der Waals surface area (Å²) in [7, 11) is 0. The highest BCUT2D eigenvalue weighted by Gasteiger charge is 2.38. The maximum Gasteiger partial charge on any atom is 0.234 e. The van der Waals surface area contributed by atoms with Gasteiger partial charge in [-0.15, -0.1) is 0 Å². The molecule has 1 saturated heterocycles. The Labute approximate surface area is 92.2 Å². The van der Waals surface area contributed by atoms with Crippen LogP contribution in [0.2, 0.25) is 0 Å². The average molecular weight is 213 g/mol. The number of nitrogens with one attached hydrogen (secondary N) is 1. The molecule has 0 aromatic carbocycles. The molecule has 0 unspecified atom stereocenters. The van der Waals surface area contributed by atoms with E-state index in [9.17, 15) is 4.79 Å². The van der Waals surface area contributed by atoms with Crippen LogP contribution < -0.4 is 11.1 Å². The Hall–Kier alpha value is -0.610. The number of nitrogens with zero attached hydrogens (tertiary/aromatic N) is 1. The van der Waals surface area contributed by atoms with E-state index < -0.39 is 0 Å². The molecule has 15 heavy (non-hydrogen) atoms. The van der Waals surface area contributed by atoms with E-state index in [1.54, 1.807) is 0 Å². The van der Waals surface area contributed by atoms with E-state index in [1.165, 1.54) is 0 Å². The van der Waals surface area contributed by atoms with Crippen LogP contribution in [0.25, 0.3) is 0 Å². The van der Waals surface area contributed by atoms with Gasteiger partial charge in [-0.2, -0.15) is 0 Å². The van der Waals surface area contributed by atoms with Crippen molar-refractivity contribution in [3.63, 3.8) is 0 Å². The van der Waals surface area contributed by atoms with Crippen molar-refractivity contribution in [1.82, 2.24) is 10.2 Å². The van der Waals surface area contributed by atoms with Crippen molar-refractivity contribution in [3.05, 3.63) is 0 Å². The molecule has 0 spiro atoms. The lowest BCUT2D eigenvalue weighted by Gasteiger charge is -2.47. The van der Waals surface area contributed by atoms with Crippen molar-refractivity contribution in [2.24, 2.45) is 5.73 Å². The molecule has 1 amide bonds. The monoisotopic (exact) mass is 213 g/mol. The summed E-state index contributed by atoms with van der Waals surface area (Å²) in [4.78, 5) is 13.5. The molecule has 1 fully saturated rings. The first-order chi connectivity index (χ1) is 7.09. The number of likely N-dealkylation sites (tertiary alicyclic amines) is 1. The van der Waals surface area contributed by atoms with E-state index in [0.29, 0.717) is 6.54 Å². The molecule has 0 radical (unpaired) electrons. The number of amides is 1. The molecule has 0 atom stereocenters. The Balaban J connectivity index is 2.08. The minimum atomic E-state index is -0.0380. The van der Waals surface area contributed by atoms with Gasteiger partial charge in [-0.1, -0.05) is 20.3 Å². The third kappa shape index (κ3) is 3.80. The van der Waals surface area contributed by atoms with Gasteiger partial charge >= 0.3 is 0 Å². The highest BCUT2D eigenvalue weighted by atomic mass is 16.2. The van der Waals surface area contributed by atoms with Gasteiger partial charge < -0.3 is 11.1 Å². The van der Waals surface area contributed by atoms with E-state index in [4.69, 9.17) is 5.73 Å².